The molecule has 112 valence electrons. The van der Waals surface area contributed by atoms with Crippen molar-refractivity contribution in [3.63, 3.8) is 0 Å². The Morgan fingerprint density at radius 2 is 1.75 bits per heavy atom. The van der Waals surface area contributed by atoms with E-state index in [0.717, 1.165) is 19.6 Å². The maximum Gasteiger partial charge on any atom is 0.123 e. The maximum atomic E-state index is 13.2. The largest absolute Gasteiger partial charge is 0.309 e. The molecular formula is C17H27FN2. The van der Waals surface area contributed by atoms with Crippen LogP contribution in [0.15, 0.2) is 24.3 Å². The first kappa shape index (κ1) is 15.5. The zero-order valence-electron chi connectivity index (χ0n) is 13.0. The Balaban J connectivity index is 2.23. The predicted octanol–water partition coefficient (Wildman–Crippen LogP) is 3.74. The Bertz CT molecular complexity index is 408. The van der Waals surface area contributed by atoms with E-state index in [2.05, 4.69) is 31.0 Å². The molecule has 1 aromatic rings. The maximum absolute atomic E-state index is 13.2. The van der Waals surface area contributed by atoms with Crippen molar-refractivity contribution in [1.82, 2.24) is 10.2 Å². The van der Waals surface area contributed by atoms with Gasteiger partial charge >= 0.3 is 0 Å². The number of benzene rings is 1. The van der Waals surface area contributed by atoms with E-state index in [4.69, 9.17) is 0 Å². The number of likely N-dealkylation sites (N-methyl/N-ethyl adjacent to an activating group) is 1. The lowest BCUT2D eigenvalue weighted by atomic mass is 9.85. The molecule has 1 unspecified atom stereocenters. The summed E-state index contributed by atoms with van der Waals surface area (Å²) in [5.41, 5.74) is 1.21. The third kappa shape index (κ3) is 3.39. The van der Waals surface area contributed by atoms with Crippen LogP contribution < -0.4 is 5.32 Å². The van der Waals surface area contributed by atoms with Gasteiger partial charge in [-0.15, -0.1) is 0 Å². The molecule has 0 bridgehead atoms. The van der Waals surface area contributed by atoms with E-state index in [-0.39, 0.29) is 17.4 Å². The van der Waals surface area contributed by atoms with Crippen LogP contribution in [0.5, 0.6) is 0 Å². The normalized spacial score (nSPS) is 19.0. The number of halogens is 1. The first-order chi connectivity index (χ1) is 9.55. The van der Waals surface area contributed by atoms with Crippen molar-refractivity contribution in [3.05, 3.63) is 35.6 Å². The van der Waals surface area contributed by atoms with Crippen molar-refractivity contribution in [3.8, 4) is 0 Å². The molecular weight excluding hydrogens is 251 g/mol. The summed E-state index contributed by atoms with van der Waals surface area (Å²) in [6.45, 7) is 9.97. The summed E-state index contributed by atoms with van der Waals surface area (Å²) in [7, 11) is 0. The minimum absolute atomic E-state index is 0.0360. The minimum Gasteiger partial charge on any atom is -0.309 e. The van der Waals surface area contributed by atoms with Crippen molar-refractivity contribution in [2.24, 2.45) is 0 Å². The zero-order valence-corrected chi connectivity index (χ0v) is 13.0. The number of likely N-dealkylation sites (tertiary alicyclic amines) is 1. The third-order valence-electron chi connectivity index (χ3n) is 4.49. The van der Waals surface area contributed by atoms with Crippen molar-refractivity contribution < 1.29 is 4.39 Å². The molecule has 0 aliphatic carbocycles. The number of piperidine rings is 1. The SMILES string of the molecule is CCNC(c1ccc(F)cc1)C(C)(C)N1CCCCC1. The van der Waals surface area contributed by atoms with Crippen LogP contribution in [0.2, 0.25) is 0 Å². The Labute approximate surface area is 122 Å². The molecule has 1 aromatic carbocycles. The third-order valence-corrected chi connectivity index (χ3v) is 4.49. The van der Waals surface area contributed by atoms with Gasteiger partial charge in [0, 0.05) is 5.54 Å². The number of nitrogens with zero attached hydrogens (tertiary/aromatic N) is 1. The van der Waals surface area contributed by atoms with E-state index in [0.29, 0.717) is 0 Å². The summed E-state index contributed by atoms with van der Waals surface area (Å²) in [4.78, 5) is 2.58. The van der Waals surface area contributed by atoms with Crippen molar-refractivity contribution >= 4 is 0 Å². The van der Waals surface area contributed by atoms with E-state index >= 15 is 0 Å². The Morgan fingerprint density at radius 1 is 1.15 bits per heavy atom. The molecule has 0 radical (unpaired) electrons. The average Bonchev–Trinajstić information content (AvgIpc) is 2.47. The van der Waals surface area contributed by atoms with Gasteiger partial charge in [0.05, 0.1) is 6.04 Å². The highest BCUT2D eigenvalue weighted by Crippen LogP contribution is 2.33. The highest BCUT2D eigenvalue weighted by atomic mass is 19.1. The molecule has 2 nitrogen and oxygen atoms in total. The highest BCUT2D eigenvalue weighted by Gasteiger charge is 2.36. The van der Waals surface area contributed by atoms with Crippen LogP contribution in [-0.2, 0) is 0 Å². The average molecular weight is 278 g/mol. The molecule has 0 aromatic heterocycles. The number of rotatable bonds is 5. The lowest BCUT2D eigenvalue weighted by molar-refractivity contribution is 0.0613. The fourth-order valence-electron chi connectivity index (χ4n) is 3.29. The van der Waals surface area contributed by atoms with Gasteiger partial charge in [-0.1, -0.05) is 25.5 Å². The predicted molar refractivity (Wildman–Crippen MR) is 82.3 cm³/mol. The second kappa shape index (κ2) is 6.68. The van der Waals surface area contributed by atoms with E-state index in [1.807, 2.05) is 12.1 Å². The number of hydrogen-bond donors (Lipinski definition) is 1. The molecule has 1 atom stereocenters. The van der Waals surface area contributed by atoms with E-state index < -0.39 is 0 Å². The van der Waals surface area contributed by atoms with Gasteiger partial charge in [0.1, 0.15) is 5.82 Å². The Hall–Kier alpha value is -0.930. The van der Waals surface area contributed by atoms with Gasteiger partial charge in [0.25, 0.3) is 0 Å². The van der Waals surface area contributed by atoms with Gasteiger partial charge in [0.2, 0.25) is 0 Å². The second-order valence-corrected chi connectivity index (χ2v) is 6.24. The summed E-state index contributed by atoms with van der Waals surface area (Å²) in [6, 6.07) is 7.17. The van der Waals surface area contributed by atoms with Gasteiger partial charge < -0.3 is 5.32 Å². The van der Waals surface area contributed by atoms with Crippen LogP contribution in [0, 0.1) is 5.82 Å². The fourth-order valence-corrected chi connectivity index (χ4v) is 3.29. The summed E-state index contributed by atoms with van der Waals surface area (Å²) < 4.78 is 13.2. The molecule has 1 aliphatic rings. The van der Waals surface area contributed by atoms with Gasteiger partial charge in [-0.3, -0.25) is 4.90 Å². The monoisotopic (exact) mass is 278 g/mol. The molecule has 0 saturated carbocycles. The van der Waals surface area contributed by atoms with Crippen molar-refractivity contribution in [1.29, 1.82) is 0 Å². The molecule has 2 rings (SSSR count). The molecule has 1 heterocycles. The molecule has 1 saturated heterocycles. The van der Waals surface area contributed by atoms with Crippen molar-refractivity contribution in [2.75, 3.05) is 19.6 Å². The van der Waals surface area contributed by atoms with Crippen LogP contribution in [0.25, 0.3) is 0 Å². The highest BCUT2D eigenvalue weighted by molar-refractivity contribution is 5.23. The Morgan fingerprint density at radius 3 is 2.30 bits per heavy atom. The number of hydrogen-bond acceptors (Lipinski definition) is 2. The van der Waals surface area contributed by atoms with E-state index in [1.165, 1.54) is 24.8 Å². The molecule has 0 amide bonds. The second-order valence-electron chi connectivity index (χ2n) is 6.24. The fraction of sp³-hybridized carbons (Fsp3) is 0.647. The molecule has 20 heavy (non-hydrogen) atoms. The smallest absolute Gasteiger partial charge is 0.123 e. The lowest BCUT2D eigenvalue weighted by Gasteiger charge is -2.46. The quantitative estimate of drug-likeness (QED) is 0.882. The first-order valence-electron chi connectivity index (χ1n) is 7.79. The number of nitrogens with one attached hydrogen (secondary N) is 1. The molecule has 1 N–H and O–H groups in total. The summed E-state index contributed by atoms with van der Waals surface area (Å²) in [6.07, 6.45) is 3.91. The van der Waals surface area contributed by atoms with E-state index in [9.17, 15) is 4.39 Å². The molecule has 1 aliphatic heterocycles. The van der Waals surface area contributed by atoms with Crippen LogP contribution in [0.4, 0.5) is 4.39 Å². The summed E-state index contributed by atoms with van der Waals surface area (Å²) in [5.74, 6) is -0.167. The Kier molecular flexibility index (Phi) is 5.17. The summed E-state index contributed by atoms with van der Waals surface area (Å²) >= 11 is 0. The van der Waals surface area contributed by atoms with Crippen molar-refractivity contribution in [2.45, 2.75) is 51.6 Å². The lowest BCUT2D eigenvalue weighted by Crippen LogP contribution is -2.54. The van der Waals surface area contributed by atoms with Gasteiger partial charge in [-0.2, -0.15) is 0 Å². The molecule has 3 heteroatoms. The van der Waals surface area contributed by atoms with Crippen LogP contribution >= 0.6 is 0 Å². The first-order valence-corrected chi connectivity index (χ1v) is 7.79. The molecule has 0 spiro atoms. The van der Waals surface area contributed by atoms with Crippen LogP contribution in [-0.4, -0.2) is 30.1 Å². The van der Waals surface area contributed by atoms with Gasteiger partial charge in [0.15, 0.2) is 0 Å². The van der Waals surface area contributed by atoms with E-state index in [1.54, 1.807) is 12.1 Å². The zero-order chi connectivity index (χ0) is 14.6. The minimum atomic E-state index is -0.167. The van der Waals surface area contributed by atoms with Crippen LogP contribution in [0.1, 0.15) is 51.6 Å². The standard InChI is InChI=1S/C17H27FN2/c1-4-19-16(14-8-10-15(18)11-9-14)17(2,3)20-12-6-5-7-13-20/h8-11,16,19H,4-7,12-13H2,1-3H3. The molecule has 1 fully saturated rings. The summed E-state index contributed by atoms with van der Waals surface area (Å²) in [5, 5.41) is 3.59. The topological polar surface area (TPSA) is 15.3 Å². The van der Waals surface area contributed by atoms with Crippen LogP contribution in [0.3, 0.4) is 0 Å². The van der Waals surface area contributed by atoms with Gasteiger partial charge in [-0.25, -0.2) is 4.39 Å². The van der Waals surface area contributed by atoms with Gasteiger partial charge in [-0.05, 0) is 64.0 Å².